The van der Waals surface area contributed by atoms with Crippen molar-refractivity contribution in [2.75, 3.05) is 45.9 Å². The molecule has 0 saturated carbocycles. The second-order valence-electron chi connectivity index (χ2n) is 5.04. The van der Waals surface area contributed by atoms with Crippen molar-refractivity contribution in [1.29, 1.82) is 0 Å². The lowest BCUT2D eigenvalue weighted by Gasteiger charge is -2.27. The van der Waals surface area contributed by atoms with Gasteiger partial charge in [0.2, 0.25) is 0 Å². The number of nitrogens with one attached hydrogen (secondary N) is 2. The van der Waals surface area contributed by atoms with Crippen LogP contribution in [0.15, 0.2) is 24.3 Å². The standard InChI is InChI=1S/C15H22ClN3O2.ClH/c16-13-2-4-14(5-3-13)21-12-15(20)18-6-1-9-19-10-7-17-8-11-19;/h2-5,17H,1,6-12H2,(H,18,20);1H. The van der Waals surface area contributed by atoms with Gasteiger partial charge in [0.1, 0.15) is 5.75 Å². The van der Waals surface area contributed by atoms with Gasteiger partial charge in [-0.1, -0.05) is 11.6 Å². The van der Waals surface area contributed by atoms with E-state index in [0.29, 0.717) is 17.3 Å². The van der Waals surface area contributed by atoms with Crippen LogP contribution in [-0.4, -0.2) is 56.7 Å². The molecule has 5 nitrogen and oxygen atoms in total. The van der Waals surface area contributed by atoms with Crippen LogP contribution in [0.4, 0.5) is 0 Å². The highest BCUT2D eigenvalue weighted by Crippen LogP contribution is 2.15. The second-order valence-corrected chi connectivity index (χ2v) is 5.47. The summed E-state index contributed by atoms with van der Waals surface area (Å²) in [6.07, 6.45) is 0.965. The Labute approximate surface area is 142 Å². The summed E-state index contributed by atoms with van der Waals surface area (Å²) in [6, 6.07) is 6.98. The quantitative estimate of drug-likeness (QED) is 0.735. The van der Waals surface area contributed by atoms with Gasteiger partial charge < -0.3 is 20.3 Å². The Morgan fingerprint density at radius 1 is 1.27 bits per heavy atom. The minimum atomic E-state index is -0.0924. The van der Waals surface area contributed by atoms with E-state index in [4.69, 9.17) is 16.3 Å². The highest BCUT2D eigenvalue weighted by atomic mass is 35.5. The third-order valence-corrected chi connectivity index (χ3v) is 3.62. The molecule has 124 valence electrons. The van der Waals surface area contributed by atoms with Gasteiger partial charge in [0, 0.05) is 37.7 Å². The third kappa shape index (κ3) is 7.31. The van der Waals surface area contributed by atoms with Crippen LogP contribution in [-0.2, 0) is 4.79 Å². The van der Waals surface area contributed by atoms with Crippen molar-refractivity contribution >= 4 is 29.9 Å². The predicted octanol–water partition coefficient (Wildman–Crippen LogP) is 1.55. The summed E-state index contributed by atoms with van der Waals surface area (Å²) >= 11 is 5.78. The van der Waals surface area contributed by atoms with Gasteiger partial charge in [0.15, 0.2) is 6.61 Å². The zero-order valence-electron chi connectivity index (χ0n) is 12.5. The van der Waals surface area contributed by atoms with Crippen LogP contribution < -0.4 is 15.4 Å². The van der Waals surface area contributed by atoms with Crippen LogP contribution in [0, 0.1) is 0 Å². The molecule has 1 aliphatic heterocycles. The molecule has 1 saturated heterocycles. The molecule has 0 atom stereocenters. The van der Waals surface area contributed by atoms with Gasteiger partial charge in [-0.3, -0.25) is 4.79 Å². The number of halogens is 2. The Morgan fingerprint density at radius 3 is 2.64 bits per heavy atom. The van der Waals surface area contributed by atoms with E-state index >= 15 is 0 Å². The smallest absolute Gasteiger partial charge is 0.257 e. The maximum absolute atomic E-state index is 11.6. The van der Waals surface area contributed by atoms with Crippen LogP contribution in [0.3, 0.4) is 0 Å². The minimum absolute atomic E-state index is 0. The molecule has 2 N–H and O–H groups in total. The van der Waals surface area contributed by atoms with Crippen LogP contribution in [0.1, 0.15) is 6.42 Å². The maximum atomic E-state index is 11.6. The fourth-order valence-electron chi connectivity index (χ4n) is 2.20. The largest absolute Gasteiger partial charge is 0.484 e. The molecule has 0 bridgehead atoms. The molecule has 2 rings (SSSR count). The van der Waals surface area contributed by atoms with Crippen LogP contribution in [0.2, 0.25) is 5.02 Å². The zero-order valence-corrected chi connectivity index (χ0v) is 14.1. The average molecular weight is 348 g/mol. The summed E-state index contributed by atoms with van der Waals surface area (Å²) in [5.74, 6) is 0.556. The van der Waals surface area contributed by atoms with E-state index in [1.54, 1.807) is 24.3 Å². The SMILES string of the molecule is Cl.O=C(COc1ccc(Cl)cc1)NCCCN1CCNCC1. The normalized spacial score (nSPS) is 15.0. The van der Waals surface area contributed by atoms with Crippen molar-refractivity contribution < 1.29 is 9.53 Å². The van der Waals surface area contributed by atoms with Crippen molar-refractivity contribution in [3.8, 4) is 5.75 Å². The summed E-state index contributed by atoms with van der Waals surface area (Å²) in [6.45, 7) is 6.05. The van der Waals surface area contributed by atoms with Gasteiger partial charge in [-0.25, -0.2) is 0 Å². The minimum Gasteiger partial charge on any atom is -0.484 e. The summed E-state index contributed by atoms with van der Waals surface area (Å²) in [4.78, 5) is 14.1. The van der Waals surface area contributed by atoms with Gasteiger partial charge in [-0.05, 0) is 37.2 Å². The van der Waals surface area contributed by atoms with E-state index in [9.17, 15) is 4.79 Å². The molecule has 1 fully saturated rings. The first-order valence-corrected chi connectivity index (χ1v) is 7.70. The lowest BCUT2D eigenvalue weighted by molar-refractivity contribution is -0.123. The van der Waals surface area contributed by atoms with Gasteiger partial charge in [-0.15, -0.1) is 12.4 Å². The number of piperazine rings is 1. The molecular weight excluding hydrogens is 325 g/mol. The second kappa shape index (κ2) is 10.7. The molecule has 0 aliphatic carbocycles. The van der Waals surface area contributed by atoms with Crippen molar-refractivity contribution in [3.05, 3.63) is 29.3 Å². The van der Waals surface area contributed by atoms with E-state index in [-0.39, 0.29) is 24.9 Å². The van der Waals surface area contributed by atoms with Crippen LogP contribution in [0.5, 0.6) is 5.75 Å². The number of carbonyl (C=O) groups is 1. The number of carbonyl (C=O) groups excluding carboxylic acids is 1. The maximum Gasteiger partial charge on any atom is 0.257 e. The van der Waals surface area contributed by atoms with Crippen molar-refractivity contribution in [2.24, 2.45) is 0 Å². The molecule has 0 aromatic heterocycles. The Kier molecular flexibility index (Phi) is 9.24. The van der Waals surface area contributed by atoms with E-state index in [0.717, 1.165) is 39.1 Å². The molecule has 0 spiro atoms. The van der Waals surface area contributed by atoms with E-state index in [1.807, 2.05) is 0 Å². The van der Waals surface area contributed by atoms with Crippen molar-refractivity contribution in [1.82, 2.24) is 15.5 Å². The fraction of sp³-hybridized carbons (Fsp3) is 0.533. The highest BCUT2D eigenvalue weighted by Gasteiger charge is 2.08. The molecule has 0 radical (unpaired) electrons. The van der Waals surface area contributed by atoms with Gasteiger partial charge in [0.05, 0.1) is 0 Å². The number of hydrogen-bond donors (Lipinski definition) is 2. The molecule has 1 heterocycles. The Bertz CT molecular complexity index is 437. The molecule has 1 amide bonds. The molecule has 1 aliphatic rings. The number of amides is 1. The first-order chi connectivity index (χ1) is 10.2. The Hall–Kier alpha value is -1.01. The summed E-state index contributed by atoms with van der Waals surface area (Å²) in [5.41, 5.74) is 0. The molecule has 22 heavy (non-hydrogen) atoms. The monoisotopic (exact) mass is 347 g/mol. The molecule has 0 unspecified atom stereocenters. The predicted molar refractivity (Wildman–Crippen MR) is 91.1 cm³/mol. The number of hydrogen-bond acceptors (Lipinski definition) is 4. The number of nitrogens with zero attached hydrogens (tertiary/aromatic N) is 1. The van der Waals surface area contributed by atoms with Crippen LogP contribution in [0.25, 0.3) is 0 Å². The van der Waals surface area contributed by atoms with E-state index in [2.05, 4.69) is 15.5 Å². The Morgan fingerprint density at radius 2 is 1.95 bits per heavy atom. The van der Waals surface area contributed by atoms with Gasteiger partial charge >= 0.3 is 0 Å². The summed E-state index contributed by atoms with van der Waals surface area (Å²) in [5, 5.41) is 6.85. The first-order valence-electron chi connectivity index (χ1n) is 7.32. The Balaban J connectivity index is 0.00000242. The zero-order chi connectivity index (χ0) is 14.9. The lowest BCUT2D eigenvalue weighted by atomic mass is 10.3. The van der Waals surface area contributed by atoms with E-state index < -0.39 is 0 Å². The lowest BCUT2D eigenvalue weighted by Crippen LogP contribution is -2.44. The average Bonchev–Trinajstić information content (AvgIpc) is 2.52. The van der Waals surface area contributed by atoms with Crippen LogP contribution >= 0.6 is 24.0 Å². The molecule has 7 heteroatoms. The number of benzene rings is 1. The third-order valence-electron chi connectivity index (χ3n) is 3.37. The topological polar surface area (TPSA) is 53.6 Å². The number of rotatable bonds is 7. The summed E-state index contributed by atoms with van der Waals surface area (Å²) < 4.78 is 5.38. The molecule has 1 aromatic carbocycles. The van der Waals surface area contributed by atoms with Crippen molar-refractivity contribution in [3.63, 3.8) is 0 Å². The highest BCUT2D eigenvalue weighted by molar-refractivity contribution is 6.30. The molecule has 1 aromatic rings. The number of ether oxygens (including phenoxy) is 1. The fourth-order valence-corrected chi connectivity index (χ4v) is 2.32. The van der Waals surface area contributed by atoms with Gasteiger partial charge in [-0.2, -0.15) is 0 Å². The first kappa shape index (κ1) is 19.0. The van der Waals surface area contributed by atoms with Crippen molar-refractivity contribution in [2.45, 2.75) is 6.42 Å². The van der Waals surface area contributed by atoms with Gasteiger partial charge in [0.25, 0.3) is 5.91 Å². The molecular formula is C15H23Cl2N3O2. The summed E-state index contributed by atoms with van der Waals surface area (Å²) in [7, 11) is 0. The van der Waals surface area contributed by atoms with E-state index in [1.165, 1.54) is 0 Å².